The number of benzene rings is 1. The standard InChI is InChI=1S/C17H21NO2S/c1-6-7-14(17(19)18(3)4)10-12(2)13-8-9-15(20-5)16(21)11-13/h6-11,21H,1H2,2-5H3/b12-10+,14-7+. The molecule has 0 spiro atoms. The number of ether oxygens (including phenoxy) is 1. The lowest BCUT2D eigenvalue weighted by atomic mass is 10.0. The van der Waals surface area contributed by atoms with E-state index in [0.29, 0.717) is 5.57 Å². The summed E-state index contributed by atoms with van der Waals surface area (Å²) in [6.07, 6.45) is 5.16. The van der Waals surface area contributed by atoms with E-state index in [-0.39, 0.29) is 5.91 Å². The highest BCUT2D eigenvalue weighted by Gasteiger charge is 2.10. The normalized spacial score (nSPS) is 12.0. The van der Waals surface area contributed by atoms with Crippen molar-refractivity contribution in [3.63, 3.8) is 0 Å². The van der Waals surface area contributed by atoms with Crippen LogP contribution >= 0.6 is 12.6 Å². The van der Waals surface area contributed by atoms with E-state index in [2.05, 4.69) is 19.2 Å². The second-order valence-electron chi connectivity index (χ2n) is 4.77. The molecule has 0 bridgehead atoms. The number of rotatable bonds is 5. The monoisotopic (exact) mass is 303 g/mol. The summed E-state index contributed by atoms with van der Waals surface area (Å²) in [5.41, 5.74) is 2.54. The second kappa shape index (κ2) is 7.74. The van der Waals surface area contributed by atoms with Crippen molar-refractivity contribution in [3.05, 3.63) is 54.1 Å². The van der Waals surface area contributed by atoms with Gasteiger partial charge in [0.25, 0.3) is 5.91 Å². The number of hydrogen-bond donors (Lipinski definition) is 1. The molecule has 1 amide bonds. The molecule has 112 valence electrons. The molecule has 0 unspecified atom stereocenters. The van der Waals surface area contributed by atoms with Gasteiger partial charge in [0.05, 0.1) is 7.11 Å². The van der Waals surface area contributed by atoms with E-state index in [9.17, 15) is 4.79 Å². The summed E-state index contributed by atoms with van der Waals surface area (Å²) in [6, 6.07) is 5.72. The van der Waals surface area contributed by atoms with Gasteiger partial charge in [-0.15, -0.1) is 12.6 Å². The van der Waals surface area contributed by atoms with E-state index in [1.54, 1.807) is 33.4 Å². The van der Waals surface area contributed by atoms with Gasteiger partial charge in [-0.3, -0.25) is 4.79 Å². The molecule has 0 aromatic heterocycles. The number of carbonyl (C=O) groups excluding carboxylic acids is 1. The first-order chi connectivity index (χ1) is 9.90. The lowest BCUT2D eigenvalue weighted by molar-refractivity contribution is -0.124. The maximum absolute atomic E-state index is 12.1. The minimum Gasteiger partial charge on any atom is -0.496 e. The lowest BCUT2D eigenvalue weighted by Gasteiger charge is -2.12. The summed E-state index contributed by atoms with van der Waals surface area (Å²) in [5, 5.41) is 0. The smallest absolute Gasteiger partial charge is 0.253 e. The van der Waals surface area contributed by atoms with Crippen LogP contribution in [0, 0.1) is 0 Å². The Bertz CT molecular complexity index is 601. The Labute approximate surface area is 132 Å². The van der Waals surface area contributed by atoms with Crippen LogP contribution in [0.25, 0.3) is 5.57 Å². The van der Waals surface area contributed by atoms with Crippen molar-refractivity contribution in [1.82, 2.24) is 4.90 Å². The van der Waals surface area contributed by atoms with Gasteiger partial charge in [-0.05, 0) is 36.3 Å². The highest BCUT2D eigenvalue weighted by molar-refractivity contribution is 7.80. The molecule has 0 saturated carbocycles. The highest BCUT2D eigenvalue weighted by atomic mass is 32.1. The van der Waals surface area contributed by atoms with Crippen molar-refractivity contribution in [2.45, 2.75) is 11.8 Å². The van der Waals surface area contributed by atoms with Crippen LogP contribution in [0.2, 0.25) is 0 Å². The van der Waals surface area contributed by atoms with Gasteiger partial charge in [0.2, 0.25) is 0 Å². The fourth-order valence-electron chi connectivity index (χ4n) is 1.82. The molecule has 0 heterocycles. The number of carbonyl (C=O) groups is 1. The maximum atomic E-state index is 12.1. The van der Waals surface area contributed by atoms with E-state index in [0.717, 1.165) is 21.8 Å². The number of methoxy groups -OCH3 is 1. The molecule has 1 aromatic carbocycles. The maximum Gasteiger partial charge on any atom is 0.253 e. The molecule has 0 aliphatic rings. The first-order valence-corrected chi connectivity index (χ1v) is 6.95. The van der Waals surface area contributed by atoms with Crippen molar-refractivity contribution >= 4 is 24.1 Å². The summed E-state index contributed by atoms with van der Waals surface area (Å²) in [5.74, 6) is 0.662. The third-order valence-electron chi connectivity index (χ3n) is 2.96. The predicted molar refractivity (Wildman–Crippen MR) is 90.9 cm³/mol. The van der Waals surface area contributed by atoms with Crippen molar-refractivity contribution in [2.24, 2.45) is 0 Å². The molecule has 4 heteroatoms. The zero-order valence-electron chi connectivity index (χ0n) is 12.9. The van der Waals surface area contributed by atoms with Gasteiger partial charge >= 0.3 is 0 Å². The molecule has 0 N–H and O–H groups in total. The molecule has 0 radical (unpaired) electrons. The van der Waals surface area contributed by atoms with Gasteiger partial charge in [-0.25, -0.2) is 0 Å². The summed E-state index contributed by atoms with van der Waals surface area (Å²) >= 11 is 4.39. The predicted octanol–water partition coefficient (Wildman–Crippen LogP) is 3.59. The fraction of sp³-hybridized carbons (Fsp3) is 0.235. The third-order valence-corrected chi connectivity index (χ3v) is 3.31. The summed E-state index contributed by atoms with van der Waals surface area (Å²) in [4.78, 5) is 14.4. The number of likely N-dealkylation sites (N-methyl/N-ethyl adjacent to an activating group) is 1. The van der Waals surface area contributed by atoms with Gasteiger partial charge in [0.1, 0.15) is 5.75 Å². The Balaban J connectivity index is 3.17. The molecule has 0 saturated heterocycles. The lowest BCUT2D eigenvalue weighted by Crippen LogP contribution is -2.22. The molecule has 1 aromatic rings. The molecule has 0 fully saturated rings. The average molecular weight is 303 g/mol. The SMILES string of the molecule is C=C/C=C(\C=C(/C)c1ccc(OC)c(S)c1)C(=O)N(C)C. The molecule has 0 aliphatic carbocycles. The van der Waals surface area contributed by atoms with Gasteiger partial charge in [0, 0.05) is 24.6 Å². The van der Waals surface area contributed by atoms with Crippen molar-refractivity contribution in [3.8, 4) is 5.75 Å². The molecule has 3 nitrogen and oxygen atoms in total. The zero-order valence-corrected chi connectivity index (χ0v) is 13.8. The minimum atomic E-state index is -0.0612. The molecular weight excluding hydrogens is 282 g/mol. The van der Waals surface area contributed by atoms with Crippen LogP contribution in [-0.4, -0.2) is 32.0 Å². The van der Waals surface area contributed by atoms with Gasteiger partial charge in [0.15, 0.2) is 0 Å². The molecule has 0 atom stereocenters. The largest absolute Gasteiger partial charge is 0.496 e. The van der Waals surface area contributed by atoms with Crippen molar-refractivity contribution in [1.29, 1.82) is 0 Å². The first kappa shape index (κ1) is 17.1. The highest BCUT2D eigenvalue weighted by Crippen LogP contribution is 2.27. The van der Waals surface area contributed by atoms with Crippen LogP contribution in [0.5, 0.6) is 5.75 Å². The van der Waals surface area contributed by atoms with Crippen LogP contribution in [-0.2, 0) is 4.79 Å². The number of hydrogen-bond acceptors (Lipinski definition) is 3. The number of amides is 1. The summed E-state index contributed by atoms with van der Waals surface area (Å²) < 4.78 is 5.19. The van der Waals surface area contributed by atoms with E-state index in [1.165, 1.54) is 4.90 Å². The van der Waals surface area contributed by atoms with Gasteiger partial charge in [-0.2, -0.15) is 0 Å². The molecule has 0 aliphatic heterocycles. The van der Waals surface area contributed by atoms with E-state index < -0.39 is 0 Å². The Morgan fingerprint density at radius 1 is 1.38 bits per heavy atom. The zero-order chi connectivity index (χ0) is 16.0. The third kappa shape index (κ3) is 4.53. The second-order valence-corrected chi connectivity index (χ2v) is 5.25. The first-order valence-electron chi connectivity index (χ1n) is 6.50. The molecule has 21 heavy (non-hydrogen) atoms. The Kier molecular flexibility index (Phi) is 6.31. The van der Waals surface area contributed by atoms with Crippen LogP contribution in [0.1, 0.15) is 12.5 Å². The Hall–Kier alpha value is -1.94. The average Bonchev–Trinajstić information content (AvgIpc) is 2.45. The quantitative estimate of drug-likeness (QED) is 0.512. The number of allylic oxidation sites excluding steroid dienone is 3. The number of thiol groups is 1. The molecule has 1 rings (SSSR count). The van der Waals surface area contributed by atoms with E-state index >= 15 is 0 Å². The summed E-state index contributed by atoms with van der Waals surface area (Å²) in [7, 11) is 5.06. The van der Waals surface area contributed by atoms with E-state index in [4.69, 9.17) is 4.74 Å². The van der Waals surface area contributed by atoms with Crippen LogP contribution in [0.3, 0.4) is 0 Å². The summed E-state index contributed by atoms with van der Waals surface area (Å²) in [6.45, 7) is 5.61. The van der Waals surface area contributed by atoms with Crippen molar-refractivity contribution in [2.75, 3.05) is 21.2 Å². The Morgan fingerprint density at radius 2 is 2.05 bits per heavy atom. The number of nitrogens with zero attached hydrogens (tertiary/aromatic N) is 1. The van der Waals surface area contributed by atoms with Crippen LogP contribution in [0.4, 0.5) is 0 Å². The fourth-order valence-corrected chi connectivity index (χ4v) is 2.12. The minimum absolute atomic E-state index is 0.0612. The topological polar surface area (TPSA) is 29.5 Å². The van der Waals surface area contributed by atoms with Gasteiger partial charge < -0.3 is 9.64 Å². The van der Waals surface area contributed by atoms with Crippen LogP contribution in [0.15, 0.2) is 53.5 Å². The molecular formula is C17H21NO2S. The Morgan fingerprint density at radius 3 is 2.52 bits per heavy atom. The van der Waals surface area contributed by atoms with Crippen LogP contribution < -0.4 is 4.74 Å². The van der Waals surface area contributed by atoms with Crippen molar-refractivity contribution < 1.29 is 9.53 Å². The van der Waals surface area contributed by atoms with E-state index in [1.807, 2.05) is 31.2 Å². The van der Waals surface area contributed by atoms with Gasteiger partial charge in [-0.1, -0.05) is 24.8 Å².